The van der Waals surface area contributed by atoms with Crippen LogP contribution in [0.15, 0.2) is 138 Å². The highest BCUT2D eigenvalue weighted by Gasteiger charge is 2.48. The summed E-state index contributed by atoms with van der Waals surface area (Å²) in [5.41, 5.74) is 22.5. The lowest BCUT2D eigenvalue weighted by Crippen LogP contribution is -2.61. The van der Waals surface area contributed by atoms with Gasteiger partial charge in [-0.05, 0) is 146 Å². The van der Waals surface area contributed by atoms with E-state index in [4.69, 9.17) is 4.42 Å². The van der Waals surface area contributed by atoms with E-state index in [-0.39, 0.29) is 28.5 Å². The zero-order valence-electron chi connectivity index (χ0n) is 39.0. The predicted octanol–water partition coefficient (Wildman–Crippen LogP) is 15.2. The van der Waals surface area contributed by atoms with Crippen LogP contribution in [0.25, 0.3) is 44.2 Å². The van der Waals surface area contributed by atoms with Gasteiger partial charge in [0.2, 0.25) is 0 Å². The molecule has 0 fully saturated rings. The molecular formula is C59H59BN2O. The van der Waals surface area contributed by atoms with Crippen LogP contribution in [-0.2, 0) is 21.7 Å². The molecule has 314 valence electrons. The van der Waals surface area contributed by atoms with Gasteiger partial charge in [-0.3, -0.25) is 0 Å². The van der Waals surface area contributed by atoms with Crippen LogP contribution in [0.1, 0.15) is 110 Å². The van der Waals surface area contributed by atoms with E-state index in [2.05, 4.69) is 219 Å². The van der Waals surface area contributed by atoms with E-state index in [9.17, 15) is 0 Å². The molecule has 7 aromatic carbocycles. The van der Waals surface area contributed by atoms with Gasteiger partial charge in [0, 0.05) is 33.6 Å². The molecule has 2 aliphatic heterocycles. The van der Waals surface area contributed by atoms with Crippen molar-refractivity contribution in [1.82, 2.24) is 0 Å². The number of fused-ring (bicyclic) bond motifs is 9. The number of anilines is 5. The van der Waals surface area contributed by atoms with Crippen LogP contribution in [0.3, 0.4) is 0 Å². The zero-order chi connectivity index (χ0) is 44.0. The molecule has 0 atom stereocenters. The summed E-state index contributed by atoms with van der Waals surface area (Å²) < 4.78 is 6.78. The van der Waals surface area contributed by atoms with Crippen LogP contribution in [-0.4, -0.2) is 6.85 Å². The van der Waals surface area contributed by atoms with Crippen molar-refractivity contribution in [3.8, 4) is 22.3 Å². The number of hydrogen-bond acceptors (Lipinski definition) is 3. The summed E-state index contributed by atoms with van der Waals surface area (Å²) in [7, 11) is 0. The van der Waals surface area contributed by atoms with Crippen molar-refractivity contribution < 1.29 is 4.42 Å². The lowest BCUT2D eigenvalue weighted by atomic mass is 9.43. The maximum absolute atomic E-state index is 6.78. The minimum atomic E-state index is -0.111. The third-order valence-corrected chi connectivity index (χ3v) is 14.9. The van der Waals surface area contributed by atoms with E-state index in [1.165, 1.54) is 95.9 Å². The van der Waals surface area contributed by atoms with Crippen LogP contribution >= 0.6 is 0 Å². The molecule has 8 aromatic rings. The molecule has 3 heterocycles. The Morgan fingerprint density at radius 1 is 0.556 bits per heavy atom. The molecule has 0 saturated carbocycles. The number of benzene rings is 7. The van der Waals surface area contributed by atoms with Crippen LogP contribution in [0.4, 0.5) is 28.4 Å². The van der Waals surface area contributed by atoms with Gasteiger partial charge in [-0.25, -0.2) is 0 Å². The monoisotopic (exact) mass is 822 g/mol. The first kappa shape index (κ1) is 39.8. The minimum absolute atomic E-state index is 0.0300. The van der Waals surface area contributed by atoms with E-state index >= 15 is 0 Å². The molecule has 1 aliphatic carbocycles. The average Bonchev–Trinajstić information content (AvgIpc) is 3.64. The van der Waals surface area contributed by atoms with Gasteiger partial charge in [0.1, 0.15) is 11.2 Å². The van der Waals surface area contributed by atoms with E-state index in [1.807, 2.05) is 0 Å². The van der Waals surface area contributed by atoms with Gasteiger partial charge in [0.25, 0.3) is 0 Å². The van der Waals surface area contributed by atoms with Crippen LogP contribution in [0, 0.1) is 6.92 Å². The third kappa shape index (κ3) is 6.07. The molecule has 3 aliphatic rings. The first-order valence-electron chi connectivity index (χ1n) is 23.1. The Labute approximate surface area is 374 Å². The molecule has 0 spiro atoms. The third-order valence-electron chi connectivity index (χ3n) is 14.9. The van der Waals surface area contributed by atoms with Crippen molar-refractivity contribution in [1.29, 1.82) is 0 Å². The van der Waals surface area contributed by atoms with Crippen LogP contribution in [0.2, 0.25) is 0 Å². The quantitative estimate of drug-likeness (QED) is 0.166. The molecular weight excluding hydrogens is 763 g/mol. The standard InChI is InChI=1S/C59H59BN2O/c1-36-31-44-43-34-45-46(59(10,11)30-29-58(45,8)9)35-49(43)62(40-24-21-38(22-25-40)56(2,3)4)60-47-26-28-52-53(41-19-15-16-20-51(41)63-52)55(47)61(50(32-36)54(44)60)48-27-23-39(57(5,6)7)33-42(48)37-17-13-12-14-18-37/h12-28,31-35H,29-30H2,1-11H3. The second-order valence-electron chi connectivity index (χ2n) is 22.2. The molecule has 11 rings (SSSR count). The van der Waals surface area contributed by atoms with Gasteiger partial charge in [-0.15, -0.1) is 0 Å². The Bertz CT molecular complexity index is 3160. The van der Waals surface area contributed by atoms with Gasteiger partial charge >= 0.3 is 6.85 Å². The fraction of sp³-hybridized carbons (Fsp3) is 0.288. The number of hydrogen-bond donors (Lipinski definition) is 0. The van der Waals surface area contributed by atoms with Crippen molar-refractivity contribution in [2.45, 2.75) is 111 Å². The molecule has 0 saturated heterocycles. The number of nitrogens with zero attached hydrogens (tertiary/aromatic N) is 2. The fourth-order valence-electron chi connectivity index (χ4n) is 11.2. The summed E-state index contributed by atoms with van der Waals surface area (Å²) in [4.78, 5) is 5.32. The average molecular weight is 823 g/mol. The SMILES string of the molecule is Cc1cc2c3c(c1)N(c1ccc(C(C)(C)C)cc1-c1ccccc1)c1c(ccc4oc5ccccc5c14)B3N(c1ccc(C(C)(C)C)cc1)c1cc3c(cc1-2)C(C)(C)CCC3(C)C. The predicted molar refractivity (Wildman–Crippen MR) is 270 cm³/mol. The second kappa shape index (κ2) is 13.5. The molecule has 0 unspecified atom stereocenters. The van der Waals surface area contributed by atoms with Crippen LogP contribution < -0.4 is 20.6 Å². The number of rotatable bonds is 3. The summed E-state index contributed by atoms with van der Waals surface area (Å²) >= 11 is 0. The van der Waals surface area contributed by atoms with Crippen molar-refractivity contribution in [3.05, 3.63) is 161 Å². The Morgan fingerprint density at radius 2 is 1.21 bits per heavy atom. The maximum Gasteiger partial charge on any atom is 0.333 e. The van der Waals surface area contributed by atoms with Gasteiger partial charge in [0.15, 0.2) is 0 Å². The number of furan rings is 1. The summed E-state index contributed by atoms with van der Waals surface area (Å²) in [6.07, 6.45) is 2.33. The topological polar surface area (TPSA) is 19.6 Å². The number of para-hydroxylation sites is 1. The first-order valence-corrected chi connectivity index (χ1v) is 23.1. The molecule has 1 aromatic heterocycles. The molecule has 0 N–H and O–H groups in total. The van der Waals surface area contributed by atoms with E-state index < -0.39 is 0 Å². The highest BCUT2D eigenvalue weighted by molar-refractivity contribution is 6.94. The van der Waals surface area contributed by atoms with Gasteiger partial charge < -0.3 is 14.1 Å². The van der Waals surface area contributed by atoms with Gasteiger partial charge in [0.05, 0.1) is 16.8 Å². The highest BCUT2D eigenvalue weighted by Crippen LogP contribution is 2.55. The van der Waals surface area contributed by atoms with Gasteiger partial charge in [-0.1, -0.05) is 148 Å². The van der Waals surface area contributed by atoms with Crippen molar-refractivity contribution in [2.75, 3.05) is 9.71 Å². The van der Waals surface area contributed by atoms with Crippen molar-refractivity contribution >= 4 is 68.1 Å². The smallest absolute Gasteiger partial charge is 0.333 e. The first-order chi connectivity index (χ1) is 29.9. The summed E-state index contributed by atoms with van der Waals surface area (Å²) in [6.45, 7) is 25.9. The Morgan fingerprint density at radius 3 is 1.90 bits per heavy atom. The van der Waals surface area contributed by atoms with E-state index in [0.29, 0.717) is 0 Å². The molecule has 0 amide bonds. The Hall–Kier alpha value is -6.00. The zero-order valence-corrected chi connectivity index (χ0v) is 39.0. The maximum atomic E-state index is 6.78. The summed E-state index contributed by atoms with van der Waals surface area (Å²) in [5, 5.41) is 2.28. The fourth-order valence-corrected chi connectivity index (χ4v) is 11.2. The number of aryl methyl sites for hydroxylation is 1. The van der Waals surface area contributed by atoms with Crippen molar-refractivity contribution in [2.24, 2.45) is 0 Å². The second-order valence-corrected chi connectivity index (χ2v) is 22.2. The van der Waals surface area contributed by atoms with E-state index in [1.54, 1.807) is 0 Å². The minimum Gasteiger partial charge on any atom is -0.456 e. The Balaban J connectivity index is 1.30. The molecule has 63 heavy (non-hydrogen) atoms. The molecule has 4 heteroatoms. The molecule has 0 bridgehead atoms. The lowest BCUT2D eigenvalue weighted by molar-refractivity contribution is 0.332. The van der Waals surface area contributed by atoms with Gasteiger partial charge in [-0.2, -0.15) is 0 Å². The largest absolute Gasteiger partial charge is 0.456 e. The normalized spacial score (nSPS) is 16.2. The summed E-state index contributed by atoms with van der Waals surface area (Å²) in [6, 6.07) is 51.0. The molecule has 3 nitrogen and oxygen atoms in total. The lowest BCUT2D eigenvalue weighted by Gasteiger charge is -2.48. The van der Waals surface area contributed by atoms with Crippen molar-refractivity contribution in [3.63, 3.8) is 0 Å². The highest BCUT2D eigenvalue weighted by atomic mass is 16.3. The summed E-state index contributed by atoms with van der Waals surface area (Å²) in [5.74, 6) is 0. The Kier molecular flexibility index (Phi) is 8.54. The van der Waals surface area contributed by atoms with E-state index in [0.717, 1.165) is 28.4 Å². The van der Waals surface area contributed by atoms with Crippen LogP contribution in [0.5, 0.6) is 0 Å². The molecule has 0 radical (unpaired) electrons.